The topological polar surface area (TPSA) is 76.1 Å². The van der Waals surface area contributed by atoms with Crippen molar-refractivity contribution in [3.05, 3.63) is 66.9 Å². The molecule has 0 saturated carbocycles. The second-order valence-electron chi connectivity index (χ2n) is 5.74. The van der Waals surface area contributed by atoms with E-state index in [4.69, 9.17) is 4.74 Å². The van der Waals surface area contributed by atoms with Gasteiger partial charge in [0.15, 0.2) is 0 Å². The molecule has 0 fully saturated rings. The number of methoxy groups -OCH3 is 1. The highest BCUT2D eigenvalue weighted by atomic mass is 32.1. The molecule has 134 valence electrons. The fourth-order valence-electron chi connectivity index (χ4n) is 2.59. The first-order valence-corrected chi connectivity index (χ1v) is 9.07. The molecule has 0 radical (unpaired) electrons. The standard InChI is InChI=1S/C20H16N4O2S/c1-26-16-9-7-14(8-10-16)22-20(25)23-15-5-2-4-13(12-15)18-24-17-6-3-11-21-19(17)27-18/h2-12H,1H3,(H2,22,23,25). The van der Waals surface area contributed by atoms with Gasteiger partial charge in [0.1, 0.15) is 21.1 Å². The van der Waals surface area contributed by atoms with Crippen LogP contribution in [0.1, 0.15) is 0 Å². The maximum absolute atomic E-state index is 12.2. The van der Waals surface area contributed by atoms with Gasteiger partial charge in [0.05, 0.1) is 7.11 Å². The molecular weight excluding hydrogens is 360 g/mol. The lowest BCUT2D eigenvalue weighted by Gasteiger charge is -2.09. The van der Waals surface area contributed by atoms with Crippen molar-refractivity contribution < 1.29 is 9.53 Å². The first-order valence-electron chi connectivity index (χ1n) is 8.25. The molecule has 0 unspecified atom stereocenters. The van der Waals surface area contributed by atoms with Crippen molar-refractivity contribution in [1.82, 2.24) is 9.97 Å². The van der Waals surface area contributed by atoms with Crippen LogP contribution in [0.5, 0.6) is 5.75 Å². The third-order valence-electron chi connectivity index (χ3n) is 3.88. The van der Waals surface area contributed by atoms with E-state index in [9.17, 15) is 4.79 Å². The van der Waals surface area contributed by atoms with Crippen LogP contribution in [-0.4, -0.2) is 23.1 Å². The molecule has 0 aliphatic rings. The smallest absolute Gasteiger partial charge is 0.323 e. The van der Waals surface area contributed by atoms with Gasteiger partial charge in [-0.15, -0.1) is 0 Å². The highest BCUT2D eigenvalue weighted by Crippen LogP contribution is 2.30. The second-order valence-corrected chi connectivity index (χ2v) is 6.71. The minimum atomic E-state index is -0.316. The molecule has 7 heteroatoms. The summed E-state index contributed by atoms with van der Waals surface area (Å²) in [5.41, 5.74) is 3.17. The number of benzene rings is 2. The summed E-state index contributed by atoms with van der Waals surface area (Å²) in [5.74, 6) is 0.735. The van der Waals surface area contributed by atoms with Crippen LogP contribution in [0.25, 0.3) is 20.9 Å². The first kappa shape index (κ1) is 17.0. The minimum absolute atomic E-state index is 0.316. The van der Waals surface area contributed by atoms with Crippen LogP contribution in [0.2, 0.25) is 0 Å². The largest absolute Gasteiger partial charge is 0.497 e. The van der Waals surface area contributed by atoms with E-state index < -0.39 is 0 Å². The Hall–Kier alpha value is -3.45. The number of hydrogen-bond acceptors (Lipinski definition) is 5. The van der Waals surface area contributed by atoms with Crippen LogP contribution >= 0.6 is 11.3 Å². The Morgan fingerprint density at radius 3 is 2.59 bits per heavy atom. The van der Waals surface area contributed by atoms with Gasteiger partial charge in [0.25, 0.3) is 0 Å². The molecule has 2 aromatic heterocycles. The lowest BCUT2D eigenvalue weighted by molar-refractivity contribution is 0.262. The number of urea groups is 1. The highest BCUT2D eigenvalue weighted by molar-refractivity contribution is 7.21. The zero-order valence-electron chi connectivity index (χ0n) is 14.5. The van der Waals surface area contributed by atoms with Crippen molar-refractivity contribution in [2.24, 2.45) is 0 Å². The zero-order valence-corrected chi connectivity index (χ0v) is 15.3. The number of pyridine rings is 1. The van der Waals surface area contributed by atoms with Crippen LogP contribution in [-0.2, 0) is 0 Å². The predicted octanol–water partition coefficient (Wildman–Crippen LogP) is 5.01. The van der Waals surface area contributed by atoms with Crippen molar-refractivity contribution in [2.75, 3.05) is 17.7 Å². The SMILES string of the molecule is COc1ccc(NC(=O)Nc2cccc(-c3nc4cccnc4s3)c2)cc1. The molecule has 2 amide bonds. The molecule has 0 aliphatic heterocycles. The van der Waals surface area contributed by atoms with E-state index in [0.717, 1.165) is 26.7 Å². The molecule has 4 rings (SSSR count). The summed E-state index contributed by atoms with van der Waals surface area (Å²) in [6.45, 7) is 0. The average Bonchev–Trinajstić information content (AvgIpc) is 3.13. The Morgan fingerprint density at radius 2 is 1.81 bits per heavy atom. The summed E-state index contributed by atoms with van der Waals surface area (Å²) < 4.78 is 5.11. The van der Waals surface area contributed by atoms with Crippen molar-refractivity contribution in [3.8, 4) is 16.3 Å². The number of amides is 2. The summed E-state index contributed by atoms with van der Waals surface area (Å²) in [7, 11) is 1.60. The van der Waals surface area contributed by atoms with E-state index in [2.05, 4.69) is 20.6 Å². The van der Waals surface area contributed by atoms with Crippen molar-refractivity contribution in [1.29, 1.82) is 0 Å². The Morgan fingerprint density at radius 1 is 1.00 bits per heavy atom. The van der Waals surface area contributed by atoms with Gasteiger partial charge in [0.2, 0.25) is 0 Å². The normalized spacial score (nSPS) is 10.6. The number of anilines is 2. The van der Waals surface area contributed by atoms with Crippen molar-refractivity contribution >= 4 is 39.1 Å². The van der Waals surface area contributed by atoms with Gasteiger partial charge in [-0.25, -0.2) is 14.8 Å². The highest BCUT2D eigenvalue weighted by Gasteiger charge is 2.09. The summed E-state index contributed by atoms with van der Waals surface area (Å²) in [6, 6.07) is 18.2. The first-order chi connectivity index (χ1) is 13.2. The molecule has 4 aromatic rings. The van der Waals surface area contributed by atoms with Crippen molar-refractivity contribution in [3.63, 3.8) is 0 Å². The van der Waals surface area contributed by atoms with Crippen molar-refractivity contribution in [2.45, 2.75) is 0 Å². The molecule has 0 spiro atoms. The summed E-state index contributed by atoms with van der Waals surface area (Å²) in [4.78, 5) is 22.1. The van der Waals surface area contributed by atoms with Crippen LogP contribution in [0.15, 0.2) is 66.9 Å². The molecule has 2 N–H and O–H groups in total. The van der Waals surface area contributed by atoms with Gasteiger partial charge in [-0.3, -0.25) is 0 Å². The number of carbonyl (C=O) groups excluding carboxylic acids is 1. The molecule has 6 nitrogen and oxygen atoms in total. The third kappa shape index (κ3) is 3.88. The van der Waals surface area contributed by atoms with E-state index in [1.807, 2.05) is 36.4 Å². The number of aromatic nitrogens is 2. The molecular formula is C20H16N4O2S. The fourth-order valence-corrected chi connectivity index (χ4v) is 3.49. The molecule has 0 saturated heterocycles. The van der Waals surface area contributed by atoms with Gasteiger partial charge in [-0.1, -0.05) is 23.5 Å². The maximum Gasteiger partial charge on any atom is 0.323 e. The maximum atomic E-state index is 12.2. The summed E-state index contributed by atoms with van der Waals surface area (Å²) in [6.07, 6.45) is 1.76. The zero-order chi connectivity index (χ0) is 18.6. The van der Waals surface area contributed by atoms with E-state index in [-0.39, 0.29) is 6.03 Å². The van der Waals surface area contributed by atoms with Crippen LogP contribution in [0, 0.1) is 0 Å². The fraction of sp³-hybridized carbons (Fsp3) is 0.0500. The lowest BCUT2D eigenvalue weighted by Crippen LogP contribution is -2.19. The summed E-state index contributed by atoms with van der Waals surface area (Å²) >= 11 is 1.52. The Labute approximate surface area is 159 Å². The molecule has 2 aromatic carbocycles. The van der Waals surface area contributed by atoms with Gasteiger partial charge >= 0.3 is 6.03 Å². The number of hydrogen-bond donors (Lipinski definition) is 2. The van der Waals surface area contributed by atoms with Crippen LogP contribution < -0.4 is 15.4 Å². The number of nitrogens with zero attached hydrogens (tertiary/aromatic N) is 2. The Bertz CT molecular complexity index is 1060. The molecule has 2 heterocycles. The van der Waals surface area contributed by atoms with Gasteiger partial charge in [0, 0.05) is 23.1 Å². The van der Waals surface area contributed by atoms with Gasteiger partial charge < -0.3 is 15.4 Å². The van der Waals surface area contributed by atoms with Gasteiger partial charge in [-0.05, 0) is 48.5 Å². The minimum Gasteiger partial charge on any atom is -0.497 e. The molecule has 0 atom stereocenters. The van der Waals surface area contributed by atoms with Gasteiger partial charge in [-0.2, -0.15) is 0 Å². The number of thiazole rings is 1. The molecule has 27 heavy (non-hydrogen) atoms. The molecule has 0 bridgehead atoms. The number of nitrogens with one attached hydrogen (secondary N) is 2. The number of fused-ring (bicyclic) bond motifs is 1. The van der Waals surface area contributed by atoms with Crippen LogP contribution in [0.3, 0.4) is 0 Å². The van der Waals surface area contributed by atoms with E-state index in [1.165, 1.54) is 11.3 Å². The summed E-state index contributed by atoms with van der Waals surface area (Å²) in [5, 5.41) is 6.50. The number of ether oxygens (including phenoxy) is 1. The Balaban J connectivity index is 1.49. The lowest BCUT2D eigenvalue weighted by atomic mass is 10.2. The molecule has 0 aliphatic carbocycles. The van der Waals surface area contributed by atoms with E-state index in [0.29, 0.717) is 11.4 Å². The monoisotopic (exact) mass is 376 g/mol. The Kier molecular flexibility index (Phi) is 4.67. The third-order valence-corrected chi connectivity index (χ3v) is 4.91. The van der Waals surface area contributed by atoms with E-state index in [1.54, 1.807) is 37.6 Å². The number of carbonyl (C=O) groups is 1. The van der Waals surface area contributed by atoms with E-state index >= 15 is 0 Å². The second kappa shape index (κ2) is 7.43. The number of rotatable bonds is 4. The quantitative estimate of drug-likeness (QED) is 0.525. The predicted molar refractivity (Wildman–Crippen MR) is 108 cm³/mol. The van der Waals surface area contributed by atoms with Crippen LogP contribution in [0.4, 0.5) is 16.2 Å². The average molecular weight is 376 g/mol.